The molecule has 0 aliphatic heterocycles. The molecule has 1 atom stereocenters. The van der Waals surface area contributed by atoms with Gasteiger partial charge in [-0.25, -0.2) is 0 Å². The fourth-order valence-corrected chi connectivity index (χ4v) is 1.86. The van der Waals surface area contributed by atoms with Crippen LogP contribution in [0.15, 0.2) is 0 Å². The minimum atomic E-state index is -0.894. The zero-order chi connectivity index (χ0) is 11.3. The Hall–Kier alpha value is -0.610. The van der Waals surface area contributed by atoms with Crippen LogP contribution in [0.3, 0.4) is 0 Å². The second-order valence-corrected chi connectivity index (χ2v) is 4.42. The van der Waals surface area contributed by atoms with Crippen molar-refractivity contribution in [1.82, 2.24) is 4.90 Å². The van der Waals surface area contributed by atoms with E-state index in [-0.39, 0.29) is 0 Å². The molecule has 1 rings (SSSR count). The van der Waals surface area contributed by atoms with Crippen LogP contribution in [0.4, 0.5) is 0 Å². The van der Waals surface area contributed by atoms with Gasteiger partial charge in [-0.1, -0.05) is 13.3 Å². The number of carbonyl (C=O) groups is 1. The normalized spacial score (nSPS) is 18.9. The quantitative estimate of drug-likeness (QED) is 0.661. The molecule has 4 heteroatoms. The van der Waals surface area contributed by atoms with Crippen molar-refractivity contribution in [2.45, 2.75) is 38.6 Å². The lowest BCUT2D eigenvalue weighted by Gasteiger charge is -2.32. The largest absolute Gasteiger partial charge is 0.480 e. The Morgan fingerprint density at radius 1 is 1.60 bits per heavy atom. The standard InChI is InChI=1S/C11H22N2O2/c1-2-13(8-9-4-3-5-9)7-6-10(12)11(14)15/h9-10H,2-8,12H2,1H3,(H,14,15). The van der Waals surface area contributed by atoms with Crippen molar-refractivity contribution in [2.24, 2.45) is 11.7 Å². The van der Waals surface area contributed by atoms with E-state index >= 15 is 0 Å². The first-order valence-electron chi connectivity index (χ1n) is 5.84. The lowest BCUT2D eigenvalue weighted by Crippen LogP contribution is -2.38. The van der Waals surface area contributed by atoms with Crippen LogP contribution in [0.2, 0.25) is 0 Å². The van der Waals surface area contributed by atoms with Gasteiger partial charge < -0.3 is 15.7 Å². The molecule has 0 spiro atoms. The fraction of sp³-hybridized carbons (Fsp3) is 0.909. The summed E-state index contributed by atoms with van der Waals surface area (Å²) in [5, 5.41) is 8.66. The van der Waals surface area contributed by atoms with Gasteiger partial charge in [0.2, 0.25) is 0 Å². The molecule has 15 heavy (non-hydrogen) atoms. The van der Waals surface area contributed by atoms with Crippen molar-refractivity contribution in [3.05, 3.63) is 0 Å². The number of hydrogen-bond donors (Lipinski definition) is 2. The molecule has 1 aliphatic rings. The third-order valence-electron chi connectivity index (χ3n) is 3.26. The lowest BCUT2D eigenvalue weighted by molar-refractivity contribution is -0.138. The smallest absolute Gasteiger partial charge is 0.320 e. The minimum absolute atomic E-state index is 0.551. The van der Waals surface area contributed by atoms with Crippen LogP contribution < -0.4 is 5.73 Å². The van der Waals surface area contributed by atoms with Crippen LogP contribution in [0.5, 0.6) is 0 Å². The first-order valence-corrected chi connectivity index (χ1v) is 5.84. The van der Waals surface area contributed by atoms with Crippen molar-refractivity contribution in [1.29, 1.82) is 0 Å². The lowest BCUT2D eigenvalue weighted by atomic mass is 9.85. The number of nitrogens with zero attached hydrogens (tertiary/aromatic N) is 1. The van der Waals surface area contributed by atoms with Gasteiger partial charge in [-0.15, -0.1) is 0 Å². The maximum absolute atomic E-state index is 10.5. The van der Waals surface area contributed by atoms with Gasteiger partial charge in [0.25, 0.3) is 0 Å². The molecule has 0 radical (unpaired) electrons. The van der Waals surface area contributed by atoms with Gasteiger partial charge in [0, 0.05) is 13.1 Å². The zero-order valence-corrected chi connectivity index (χ0v) is 9.48. The highest BCUT2D eigenvalue weighted by atomic mass is 16.4. The average Bonchev–Trinajstić information content (AvgIpc) is 2.14. The van der Waals surface area contributed by atoms with Crippen LogP contribution in [-0.4, -0.2) is 41.7 Å². The molecular formula is C11H22N2O2. The number of carboxylic acids is 1. The van der Waals surface area contributed by atoms with Gasteiger partial charge in [0.05, 0.1) is 0 Å². The van der Waals surface area contributed by atoms with E-state index in [0.29, 0.717) is 6.42 Å². The maximum Gasteiger partial charge on any atom is 0.320 e. The molecule has 0 heterocycles. The van der Waals surface area contributed by atoms with Crippen LogP contribution in [0, 0.1) is 5.92 Å². The third kappa shape index (κ3) is 4.18. The van der Waals surface area contributed by atoms with E-state index in [1.807, 2.05) is 0 Å². The molecule has 0 aromatic rings. The van der Waals surface area contributed by atoms with Crippen LogP contribution in [0.1, 0.15) is 32.6 Å². The van der Waals surface area contributed by atoms with Crippen LogP contribution >= 0.6 is 0 Å². The minimum Gasteiger partial charge on any atom is -0.480 e. The Morgan fingerprint density at radius 3 is 2.67 bits per heavy atom. The Balaban J connectivity index is 2.17. The second-order valence-electron chi connectivity index (χ2n) is 4.42. The SMILES string of the molecule is CCN(CCC(N)C(=O)O)CC1CCC1. The Morgan fingerprint density at radius 2 is 2.27 bits per heavy atom. The summed E-state index contributed by atoms with van der Waals surface area (Å²) in [4.78, 5) is 12.9. The number of hydrogen-bond acceptors (Lipinski definition) is 3. The molecule has 0 saturated heterocycles. The molecule has 0 aromatic carbocycles. The van der Waals surface area contributed by atoms with Crippen molar-refractivity contribution in [2.75, 3.05) is 19.6 Å². The molecule has 1 saturated carbocycles. The van der Waals surface area contributed by atoms with E-state index in [2.05, 4.69) is 11.8 Å². The van der Waals surface area contributed by atoms with Gasteiger partial charge in [0.15, 0.2) is 0 Å². The summed E-state index contributed by atoms with van der Waals surface area (Å²) in [5.41, 5.74) is 5.47. The molecule has 1 aliphatic carbocycles. The third-order valence-corrected chi connectivity index (χ3v) is 3.26. The van der Waals surface area contributed by atoms with Gasteiger partial charge in [-0.2, -0.15) is 0 Å². The number of carboxylic acid groups (broad SMARTS) is 1. The molecule has 1 unspecified atom stereocenters. The summed E-state index contributed by atoms with van der Waals surface area (Å²) in [6, 6.07) is -0.708. The number of aliphatic carboxylic acids is 1. The van der Waals surface area contributed by atoms with E-state index in [0.717, 1.165) is 25.6 Å². The van der Waals surface area contributed by atoms with E-state index in [4.69, 9.17) is 10.8 Å². The molecule has 0 bridgehead atoms. The highest BCUT2D eigenvalue weighted by Gasteiger charge is 2.20. The van der Waals surface area contributed by atoms with Gasteiger partial charge in [-0.05, 0) is 31.7 Å². The highest BCUT2D eigenvalue weighted by molar-refractivity contribution is 5.72. The van der Waals surface area contributed by atoms with E-state index in [1.165, 1.54) is 19.3 Å². The second kappa shape index (κ2) is 6.08. The molecular weight excluding hydrogens is 192 g/mol. The predicted molar refractivity (Wildman–Crippen MR) is 59.7 cm³/mol. The summed E-state index contributed by atoms with van der Waals surface area (Å²) in [6.45, 7) is 5.02. The predicted octanol–water partition coefficient (Wildman–Crippen LogP) is 0.910. The van der Waals surface area contributed by atoms with Gasteiger partial charge in [0.1, 0.15) is 6.04 Å². The average molecular weight is 214 g/mol. The maximum atomic E-state index is 10.5. The molecule has 0 aromatic heterocycles. The molecule has 88 valence electrons. The summed E-state index contributed by atoms with van der Waals surface area (Å²) in [5.74, 6) is -0.0549. The summed E-state index contributed by atoms with van der Waals surface area (Å²) in [6.07, 6.45) is 4.58. The zero-order valence-electron chi connectivity index (χ0n) is 9.48. The van der Waals surface area contributed by atoms with Crippen molar-refractivity contribution < 1.29 is 9.90 Å². The summed E-state index contributed by atoms with van der Waals surface area (Å²) in [7, 11) is 0. The van der Waals surface area contributed by atoms with Crippen molar-refractivity contribution in [3.63, 3.8) is 0 Å². The molecule has 3 N–H and O–H groups in total. The number of nitrogens with two attached hydrogens (primary N) is 1. The van der Waals surface area contributed by atoms with Crippen molar-refractivity contribution in [3.8, 4) is 0 Å². The summed E-state index contributed by atoms with van der Waals surface area (Å²) < 4.78 is 0. The van der Waals surface area contributed by atoms with Crippen LogP contribution in [-0.2, 0) is 4.79 Å². The highest BCUT2D eigenvalue weighted by Crippen LogP contribution is 2.26. The first kappa shape index (κ1) is 12.5. The number of rotatable bonds is 7. The topological polar surface area (TPSA) is 66.6 Å². The molecule has 1 fully saturated rings. The molecule has 4 nitrogen and oxygen atoms in total. The van der Waals surface area contributed by atoms with E-state index in [1.54, 1.807) is 0 Å². The Bertz CT molecular complexity index is 205. The van der Waals surface area contributed by atoms with Gasteiger partial charge >= 0.3 is 5.97 Å². The van der Waals surface area contributed by atoms with Crippen LogP contribution in [0.25, 0.3) is 0 Å². The van der Waals surface area contributed by atoms with Gasteiger partial charge in [-0.3, -0.25) is 4.79 Å². The fourth-order valence-electron chi connectivity index (χ4n) is 1.86. The first-order chi connectivity index (χ1) is 7.13. The Labute approximate surface area is 91.4 Å². The monoisotopic (exact) mass is 214 g/mol. The Kier molecular flexibility index (Phi) is 5.05. The summed E-state index contributed by atoms with van der Waals surface area (Å²) >= 11 is 0. The van der Waals surface area contributed by atoms with Crippen molar-refractivity contribution >= 4 is 5.97 Å². The van der Waals surface area contributed by atoms with E-state index < -0.39 is 12.0 Å². The molecule has 0 amide bonds. The van der Waals surface area contributed by atoms with E-state index in [9.17, 15) is 4.79 Å².